The Hall–Kier alpha value is -1.53. The number of amides is 1. The third kappa shape index (κ3) is 3.48. The van der Waals surface area contributed by atoms with Gasteiger partial charge in [0.25, 0.3) is 0 Å². The first kappa shape index (κ1) is 13.9. The minimum atomic E-state index is -0.537. The molecule has 0 aliphatic carbocycles. The second-order valence-corrected chi connectivity index (χ2v) is 5.73. The molecule has 19 heavy (non-hydrogen) atoms. The molecule has 0 saturated carbocycles. The number of nitrogens with one attached hydrogen (secondary N) is 1. The van der Waals surface area contributed by atoms with Crippen molar-refractivity contribution in [2.45, 2.75) is 6.04 Å². The molecular weight excluding hydrogens is 328 g/mol. The highest BCUT2D eigenvalue weighted by Crippen LogP contribution is 2.28. The van der Waals surface area contributed by atoms with Gasteiger partial charge >= 0.3 is 0 Å². The topological polar surface area (TPSA) is 64.3 Å². The molecule has 2 aromatic rings. The zero-order chi connectivity index (χ0) is 13.8. The van der Waals surface area contributed by atoms with Gasteiger partial charge in [0.15, 0.2) is 0 Å². The SMILES string of the molecule is COc1ccc(NC(C(N)=O)c2cc(Br)cs2)cc1. The van der Waals surface area contributed by atoms with Gasteiger partial charge in [-0.2, -0.15) is 0 Å². The second kappa shape index (κ2) is 6.08. The van der Waals surface area contributed by atoms with E-state index in [2.05, 4.69) is 21.2 Å². The van der Waals surface area contributed by atoms with E-state index in [4.69, 9.17) is 10.5 Å². The Balaban J connectivity index is 2.18. The van der Waals surface area contributed by atoms with E-state index in [9.17, 15) is 4.79 Å². The van der Waals surface area contributed by atoms with Crippen LogP contribution in [0, 0.1) is 0 Å². The van der Waals surface area contributed by atoms with Crippen molar-refractivity contribution in [2.24, 2.45) is 5.73 Å². The molecule has 0 bridgehead atoms. The number of carbonyl (C=O) groups excluding carboxylic acids is 1. The predicted octanol–water partition coefficient (Wildman–Crippen LogP) is 3.16. The van der Waals surface area contributed by atoms with E-state index in [-0.39, 0.29) is 0 Å². The molecule has 1 aromatic heterocycles. The minimum absolute atomic E-state index is 0.412. The van der Waals surface area contributed by atoms with Crippen molar-refractivity contribution in [3.63, 3.8) is 0 Å². The van der Waals surface area contributed by atoms with Gasteiger partial charge in [-0.25, -0.2) is 0 Å². The summed E-state index contributed by atoms with van der Waals surface area (Å²) >= 11 is 4.85. The molecule has 0 fully saturated rings. The largest absolute Gasteiger partial charge is 0.497 e. The van der Waals surface area contributed by atoms with Crippen LogP contribution in [0.25, 0.3) is 0 Å². The molecule has 6 heteroatoms. The maximum Gasteiger partial charge on any atom is 0.245 e. The van der Waals surface area contributed by atoms with Gasteiger partial charge in [-0.1, -0.05) is 0 Å². The summed E-state index contributed by atoms with van der Waals surface area (Å²) in [6, 6.07) is 8.69. The normalized spacial score (nSPS) is 11.9. The average Bonchev–Trinajstić information content (AvgIpc) is 2.82. The molecule has 100 valence electrons. The molecular formula is C13H13BrN2O2S. The Morgan fingerprint density at radius 1 is 1.42 bits per heavy atom. The van der Waals surface area contributed by atoms with E-state index < -0.39 is 11.9 Å². The van der Waals surface area contributed by atoms with Crippen LogP contribution in [0.4, 0.5) is 5.69 Å². The first-order valence-electron chi connectivity index (χ1n) is 5.54. The monoisotopic (exact) mass is 340 g/mol. The van der Waals surface area contributed by atoms with Gasteiger partial charge in [-0.05, 0) is 46.3 Å². The lowest BCUT2D eigenvalue weighted by molar-refractivity contribution is -0.118. The Morgan fingerprint density at radius 2 is 2.11 bits per heavy atom. The van der Waals surface area contributed by atoms with Crippen molar-refractivity contribution >= 4 is 38.9 Å². The highest BCUT2D eigenvalue weighted by atomic mass is 79.9. The zero-order valence-electron chi connectivity index (χ0n) is 10.2. The standard InChI is InChI=1S/C13H13BrN2O2S/c1-18-10-4-2-9(3-5-10)16-12(13(15)17)11-6-8(14)7-19-11/h2-7,12,16H,1H3,(H2,15,17). The maximum atomic E-state index is 11.6. The molecule has 1 amide bonds. The summed E-state index contributed by atoms with van der Waals surface area (Å²) in [5, 5.41) is 5.04. The van der Waals surface area contributed by atoms with Crippen molar-refractivity contribution in [3.05, 3.63) is 45.1 Å². The fourth-order valence-electron chi connectivity index (χ4n) is 1.62. The van der Waals surface area contributed by atoms with Gasteiger partial charge in [0.05, 0.1) is 7.11 Å². The van der Waals surface area contributed by atoms with E-state index in [0.29, 0.717) is 0 Å². The summed E-state index contributed by atoms with van der Waals surface area (Å²) in [6.07, 6.45) is 0. The van der Waals surface area contributed by atoms with Crippen LogP contribution in [0.15, 0.2) is 40.2 Å². The van der Waals surface area contributed by atoms with Crippen LogP contribution in [0.2, 0.25) is 0 Å². The number of thiophene rings is 1. The number of benzene rings is 1. The Kier molecular flexibility index (Phi) is 4.44. The number of hydrogen-bond acceptors (Lipinski definition) is 4. The van der Waals surface area contributed by atoms with E-state index in [1.165, 1.54) is 11.3 Å². The molecule has 0 spiro atoms. The van der Waals surface area contributed by atoms with E-state index >= 15 is 0 Å². The van der Waals surface area contributed by atoms with Crippen LogP contribution in [-0.4, -0.2) is 13.0 Å². The Morgan fingerprint density at radius 3 is 2.58 bits per heavy atom. The van der Waals surface area contributed by atoms with E-state index in [1.54, 1.807) is 7.11 Å². The molecule has 1 unspecified atom stereocenters. The smallest absolute Gasteiger partial charge is 0.245 e. The van der Waals surface area contributed by atoms with Crippen LogP contribution in [0.5, 0.6) is 5.75 Å². The van der Waals surface area contributed by atoms with Gasteiger partial charge in [0.2, 0.25) is 5.91 Å². The Labute approximate surface area is 123 Å². The highest BCUT2D eigenvalue weighted by molar-refractivity contribution is 9.10. The van der Waals surface area contributed by atoms with Crippen molar-refractivity contribution < 1.29 is 9.53 Å². The maximum absolute atomic E-state index is 11.6. The summed E-state index contributed by atoms with van der Waals surface area (Å²) in [5.41, 5.74) is 6.26. The van der Waals surface area contributed by atoms with Crippen molar-refractivity contribution in [1.29, 1.82) is 0 Å². The number of carbonyl (C=O) groups is 1. The molecule has 3 N–H and O–H groups in total. The Bertz CT molecular complexity index is 568. The first-order chi connectivity index (χ1) is 9.10. The number of rotatable bonds is 5. The van der Waals surface area contributed by atoms with Gasteiger partial charge in [-0.3, -0.25) is 4.79 Å². The lowest BCUT2D eigenvalue weighted by Gasteiger charge is -2.15. The summed E-state index contributed by atoms with van der Waals surface area (Å²) in [6.45, 7) is 0. The number of nitrogens with two attached hydrogens (primary N) is 1. The summed E-state index contributed by atoms with van der Waals surface area (Å²) in [5.74, 6) is 0.352. The molecule has 4 nitrogen and oxygen atoms in total. The first-order valence-corrected chi connectivity index (χ1v) is 7.21. The number of anilines is 1. The number of primary amides is 1. The highest BCUT2D eigenvalue weighted by Gasteiger charge is 2.19. The zero-order valence-corrected chi connectivity index (χ0v) is 12.6. The molecule has 0 saturated heterocycles. The van der Waals surface area contributed by atoms with Crippen LogP contribution >= 0.6 is 27.3 Å². The van der Waals surface area contributed by atoms with Crippen LogP contribution < -0.4 is 15.8 Å². The third-order valence-electron chi connectivity index (χ3n) is 2.56. The van der Waals surface area contributed by atoms with Crippen LogP contribution in [0.1, 0.15) is 10.9 Å². The van der Waals surface area contributed by atoms with Gasteiger partial charge in [0.1, 0.15) is 11.8 Å². The molecule has 0 aliphatic heterocycles. The van der Waals surface area contributed by atoms with E-state index in [0.717, 1.165) is 20.8 Å². The van der Waals surface area contributed by atoms with E-state index in [1.807, 2.05) is 35.7 Å². The lowest BCUT2D eigenvalue weighted by atomic mass is 10.2. The lowest BCUT2D eigenvalue weighted by Crippen LogP contribution is -2.26. The van der Waals surface area contributed by atoms with Gasteiger partial charge in [-0.15, -0.1) is 11.3 Å². The number of hydrogen-bond donors (Lipinski definition) is 2. The summed E-state index contributed by atoms with van der Waals surface area (Å²) in [7, 11) is 1.61. The van der Waals surface area contributed by atoms with Crippen molar-refractivity contribution in [1.82, 2.24) is 0 Å². The molecule has 0 aliphatic rings. The number of ether oxygens (including phenoxy) is 1. The summed E-state index contributed by atoms with van der Waals surface area (Å²) in [4.78, 5) is 12.4. The molecule has 1 atom stereocenters. The van der Waals surface area contributed by atoms with Crippen molar-refractivity contribution in [3.8, 4) is 5.75 Å². The fourth-order valence-corrected chi connectivity index (χ4v) is 3.12. The third-order valence-corrected chi connectivity index (χ3v) is 4.32. The molecule has 1 heterocycles. The van der Waals surface area contributed by atoms with Gasteiger partial charge < -0.3 is 15.8 Å². The fraction of sp³-hybridized carbons (Fsp3) is 0.154. The molecule has 2 rings (SSSR count). The quantitative estimate of drug-likeness (QED) is 0.878. The molecule has 1 aromatic carbocycles. The predicted molar refractivity (Wildman–Crippen MR) is 80.6 cm³/mol. The second-order valence-electron chi connectivity index (χ2n) is 3.88. The molecule has 0 radical (unpaired) electrons. The number of methoxy groups -OCH3 is 1. The van der Waals surface area contributed by atoms with Crippen molar-refractivity contribution in [2.75, 3.05) is 12.4 Å². The number of halogens is 1. The average molecular weight is 341 g/mol. The van der Waals surface area contributed by atoms with Crippen LogP contribution in [0.3, 0.4) is 0 Å². The summed E-state index contributed by atoms with van der Waals surface area (Å²) < 4.78 is 6.03. The van der Waals surface area contributed by atoms with Gasteiger partial charge in [0, 0.05) is 20.4 Å². The van der Waals surface area contributed by atoms with Crippen LogP contribution in [-0.2, 0) is 4.79 Å². The minimum Gasteiger partial charge on any atom is -0.497 e.